The molecule has 1 aromatic heterocycles. The van der Waals surface area contributed by atoms with Crippen LogP contribution in [0.3, 0.4) is 0 Å². The molecule has 0 atom stereocenters. The highest BCUT2D eigenvalue weighted by Gasteiger charge is 2.08. The van der Waals surface area contributed by atoms with Crippen molar-refractivity contribution in [2.45, 2.75) is 26.7 Å². The summed E-state index contributed by atoms with van der Waals surface area (Å²) in [5, 5.41) is 10.9. The average molecular weight is 194 g/mol. The van der Waals surface area contributed by atoms with Crippen LogP contribution in [0.5, 0.6) is 0 Å². The number of nitrogens with one attached hydrogen (secondary N) is 1. The molecule has 14 heavy (non-hydrogen) atoms. The molecular weight excluding hydrogens is 180 g/mol. The zero-order chi connectivity index (χ0) is 10.6. The fourth-order valence-electron chi connectivity index (χ4n) is 1.47. The lowest BCUT2D eigenvalue weighted by molar-refractivity contribution is 0.209. The Bertz CT molecular complexity index is 337. The maximum atomic E-state index is 10.5. The van der Waals surface area contributed by atoms with E-state index < -0.39 is 6.09 Å². The van der Waals surface area contributed by atoms with E-state index in [9.17, 15) is 4.79 Å². The van der Waals surface area contributed by atoms with Crippen LogP contribution in [0.2, 0.25) is 0 Å². The third-order valence-electron chi connectivity index (χ3n) is 2.11. The number of nitrogens with zero attached hydrogens (tertiary/aromatic N) is 1. The van der Waals surface area contributed by atoms with Gasteiger partial charge in [0.05, 0.1) is 0 Å². The fourth-order valence-corrected chi connectivity index (χ4v) is 1.47. The first kappa shape index (κ1) is 10.5. The normalized spacial score (nSPS) is 9.86. The van der Waals surface area contributed by atoms with Gasteiger partial charge in [0.2, 0.25) is 0 Å². The van der Waals surface area contributed by atoms with Gasteiger partial charge in [-0.3, -0.25) is 5.32 Å². The zero-order valence-electron chi connectivity index (χ0n) is 8.37. The zero-order valence-corrected chi connectivity index (χ0v) is 8.37. The first-order chi connectivity index (χ1) is 6.69. The summed E-state index contributed by atoms with van der Waals surface area (Å²) in [5.41, 5.74) is 2.13. The molecule has 0 radical (unpaired) electrons. The lowest BCUT2D eigenvalue weighted by Crippen LogP contribution is -2.11. The summed E-state index contributed by atoms with van der Waals surface area (Å²) in [4.78, 5) is 14.5. The number of carboxylic acid groups (broad SMARTS) is 1. The molecule has 0 aliphatic rings. The van der Waals surface area contributed by atoms with Crippen molar-refractivity contribution in [1.82, 2.24) is 4.98 Å². The van der Waals surface area contributed by atoms with Crippen molar-refractivity contribution in [3.8, 4) is 0 Å². The maximum Gasteiger partial charge on any atom is 0.410 e. The molecule has 0 bridgehead atoms. The molecule has 0 unspecified atom stereocenters. The van der Waals surface area contributed by atoms with E-state index in [2.05, 4.69) is 10.3 Å². The molecule has 4 nitrogen and oxygen atoms in total. The van der Waals surface area contributed by atoms with Crippen LogP contribution in [0.4, 0.5) is 10.6 Å². The van der Waals surface area contributed by atoms with Gasteiger partial charge in [-0.2, -0.15) is 0 Å². The summed E-state index contributed by atoms with van der Waals surface area (Å²) in [6.45, 7) is 4.03. The van der Waals surface area contributed by atoms with E-state index in [-0.39, 0.29) is 0 Å². The Morgan fingerprint density at radius 1 is 1.50 bits per heavy atom. The number of amides is 1. The van der Waals surface area contributed by atoms with Gasteiger partial charge in [0.1, 0.15) is 5.82 Å². The molecule has 0 saturated carbocycles. The van der Waals surface area contributed by atoms with Crippen molar-refractivity contribution in [2.24, 2.45) is 0 Å². The van der Waals surface area contributed by atoms with Crippen LogP contribution in [-0.4, -0.2) is 16.2 Å². The van der Waals surface area contributed by atoms with Gasteiger partial charge in [-0.25, -0.2) is 9.78 Å². The second-order valence-corrected chi connectivity index (χ2v) is 2.93. The monoisotopic (exact) mass is 194 g/mol. The highest BCUT2D eigenvalue weighted by Crippen LogP contribution is 2.18. The molecule has 0 aliphatic heterocycles. The lowest BCUT2D eigenvalue weighted by Gasteiger charge is -2.10. The van der Waals surface area contributed by atoms with E-state index in [1.54, 1.807) is 6.20 Å². The predicted molar refractivity (Wildman–Crippen MR) is 54.6 cm³/mol. The van der Waals surface area contributed by atoms with E-state index >= 15 is 0 Å². The summed E-state index contributed by atoms with van der Waals surface area (Å²) >= 11 is 0. The molecule has 0 aromatic carbocycles. The van der Waals surface area contributed by atoms with Crippen molar-refractivity contribution in [2.75, 3.05) is 5.32 Å². The molecule has 1 aromatic rings. The van der Waals surface area contributed by atoms with Gasteiger partial charge >= 0.3 is 6.09 Å². The lowest BCUT2D eigenvalue weighted by atomic mass is 10.0. The molecule has 0 aliphatic carbocycles. The van der Waals surface area contributed by atoms with Crippen molar-refractivity contribution in [3.05, 3.63) is 23.4 Å². The van der Waals surface area contributed by atoms with Crippen LogP contribution in [-0.2, 0) is 12.8 Å². The largest absolute Gasteiger partial charge is 0.465 e. The van der Waals surface area contributed by atoms with Crippen molar-refractivity contribution in [3.63, 3.8) is 0 Å². The SMILES string of the molecule is CCc1ccnc(NC(=O)O)c1CC. The molecule has 76 valence electrons. The van der Waals surface area contributed by atoms with E-state index in [1.807, 2.05) is 19.9 Å². The van der Waals surface area contributed by atoms with E-state index in [4.69, 9.17) is 5.11 Å². The summed E-state index contributed by atoms with van der Waals surface area (Å²) in [6.07, 6.45) is 2.23. The quantitative estimate of drug-likeness (QED) is 0.776. The van der Waals surface area contributed by atoms with E-state index in [0.29, 0.717) is 5.82 Å². The van der Waals surface area contributed by atoms with Gasteiger partial charge in [0.15, 0.2) is 0 Å². The van der Waals surface area contributed by atoms with Crippen LogP contribution in [0.15, 0.2) is 12.3 Å². The Labute approximate surface area is 83.0 Å². The molecule has 1 heterocycles. The van der Waals surface area contributed by atoms with Crippen molar-refractivity contribution < 1.29 is 9.90 Å². The summed E-state index contributed by atoms with van der Waals surface area (Å²) in [6, 6.07) is 1.92. The first-order valence-corrected chi connectivity index (χ1v) is 4.65. The Hall–Kier alpha value is -1.58. The molecule has 4 heteroatoms. The molecule has 0 saturated heterocycles. The number of anilines is 1. The Morgan fingerprint density at radius 3 is 2.71 bits per heavy atom. The molecule has 1 rings (SSSR count). The summed E-state index contributed by atoms with van der Waals surface area (Å²) < 4.78 is 0. The second kappa shape index (κ2) is 4.60. The minimum Gasteiger partial charge on any atom is -0.465 e. The standard InChI is InChI=1S/C10H14N2O2/c1-3-7-5-6-11-9(8(7)4-2)12-10(13)14/h5-6H,3-4H2,1-2H3,(H,11,12)(H,13,14). The number of rotatable bonds is 3. The molecular formula is C10H14N2O2. The highest BCUT2D eigenvalue weighted by atomic mass is 16.4. The van der Waals surface area contributed by atoms with E-state index in [1.165, 1.54) is 0 Å². The van der Waals surface area contributed by atoms with Crippen LogP contribution in [0.1, 0.15) is 25.0 Å². The van der Waals surface area contributed by atoms with Gasteiger partial charge < -0.3 is 5.11 Å². The van der Waals surface area contributed by atoms with Gasteiger partial charge in [0, 0.05) is 6.20 Å². The number of pyridine rings is 1. The highest BCUT2D eigenvalue weighted by molar-refractivity contribution is 5.82. The van der Waals surface area contributed by atoms with E-state index in [0.717, 1.165) is 24.0 Å². The number of hydrogen-bond donors (Lipinski definition) is 2. The molecule has 0 fully saturated rings. The van der Waals surface area contributed by atoms with Gasteiger partial charge in [-0.15, -0.1) is 0 Å². The topological polar surface area (TPSA) is 62.2 Å². The molecule has 0 spiro atoms. The third-order valence-corrected chi connectivity index (χ3v) is 2.11. The van der Waals surface area contributed by atoms with Gasteiger partial charge in [-0.05, 0) is 30.0 Å². The number of aryl methyl sites for hydroxylation is 1. The average Bonchev–Trinajstić information content (AvgIpc) is 2.16. The smallest absolute Gasteiger partial charge is 0.410 e. The second-order valence-electron chi connectivity index (χ2n) is 2.93. The van der Waals surface area contributed by atoms with Crippen LogP contribution < -0.4 is 5.32 Å². The van der Waals surface area contributed by atoms with Crippen molar-refractivity contribution in [1.29, 1.82) is 0 Å². The van der Waals surface area contributed by atoms with Gasteiger partial charge in [-0.1, -0.05) is 13.8 Å². The first-order valence-electron chi connectivity index (χ1n) is 4.65. The predicted octanol–water partition coefficient (Wildman–Crippen LogP) is 2.30. The summed E-state index contributed by atoms with van der Waals surface area (Å²) in [7, 11) is 0. The van der Waals surface area contributed by atoms with Crippen LogP contribution in [0.25, 0.3) is 0 Å². The minimum atomic E-state index is -1.07. The van der Waals surface area contributed by atoms with Gasteiger partial charge in [0.25, 0.3) is 0 Å². The van der Waals surface area contributed by atoms with Crippen LogP contribution in [0, 0.1) is 0 Å². The third kappa shape index (κ3) is 2.22. The number of hydrogen-bond acceptors (Lipinski definition) is 2. The Kier molecular flexibility index (Phi) is 3.45. The number of aromatic nitrogens is 1. The Morgan fingerprint density at radius 2 is 2.21 bits per heavy atom. The maximum absolute atomic E-state index is 10.5. The molecule has 1 amide bonds. The van der Waals surface area contributed by atoms with Crippen molar-refractivity contribution >= 4 is 11.9 Å². The minimum absolute atomic E-state index is 0.458. The fraction of sp³-hybridized carbons (Fsp3) is 0.400. The number of carbonyl (C=O) groups is 1. The van der Waals surface area contributed by atoms with Crippen LogP contribution >= 0.6 is 0 Å². The molecule has 2 N–H and O–H groups in total. The summed E-state index contributed by atoms with van der Waals surface area (Å²) in [5.74, 6) is 0.458. The Balaban J connectivity index is 3.08.